The number of carbonyl (C=O) groups is 2. The molecule has 0 aliphatic rings. The van der Waals surface area contributed by atoms with Gasteiger partial charge < -0.3 is 9.47 Å². The van der Waals surface area contributed by atoms with Crippen LogP contribution in [0, 0.1) is 5.82 Å². The third-order valence-electron chi connectivity index (χ3n) is 2.59. The average Bonchev–Trinajstić information content (AvgIpc) is 2.48. The highest BCUT2D eigenvalue weighted by atomic mass is 19.1. The van der Waals surface area contributed by atoms with Gasteiger partial charge in [-0.2, -0.15) is 0 Å². The van der Waals surface area contributed by atoms with Gasteiger partial charge in [0, 0.05) is 0 Å². The molecule has 0 heterocycles. The Morgan fingerprint density at radius 1 is 0.850 bits per heavy atom. The first-order chi connectivity index (χ1) is 9.60. The maximum atomic E-state index is 12.7. The normalized spacial score (nSPS) is 9.90. The highest BCUT2D eigenvalue weighted by Crippen LogP contribution is 2.13. The van der Waals surface area contributed by atoms with E-state index in [0.29, 0.717) is 5.75 Å². The highest BCUT2D eigenvalue weighted by Gasteiger charge is 2.14. The Kier molecular flexibility index (Phi) is 4.10. The van der Waals surface area contributed by atoms with Crippen molar-refractivity contribution >= 4 is 11.9 Å². The Balaban J connectivity index is 2.06. The molecule has 0 atom stereocenters. The van der Waals surface area contributed by atoms with Crippen molar-refractivity contribution in [2.24, 2.45) is 0 Å². The molecule has 0 spiro atoms. The van der Waals surface area contributed by atoms with Gasteiger partial charge in [0.1, 0.15) is 11.6 Å². The van der Waals surface area contributed by atoms with Gasteiger partial charge in [-0.15, -0.1) is 0 Å². The van der Waals surface area contributed by atoms with E-state index in [4.69, 9.17) is 9.47 Å². The van der Waals surface area contributed by atoms with Gasteiger partial charge >= 0.3 is 11.9 Å². The van der Waals surface area contributed by atoms with Crippen LogP contribution in [0.2, 0.25) is 0 Å². The summed E-state index contributed by atoms with van der Waals surface area (Å²) < 4.78 is 22.4. The fourth-order valence-electron chi connectivity index (χ4n) is 1.52. The summed E-state index contributed by atoms with van der Waals surface area (Å²) in [6.07, 6.45) is 0. The van der Waals surface area contributed by atoms with Crippen molar-refractivity contribution < 1.29 is 23.5 Å². The van der Waals surface area contributed by atoms with Gasteiger partial charge in [-0.1, -0.05) is 0 Å². The predicted octanol–water partition coefficient (Wildman–Crippen LogP) is 2.83. The summed E-state index contributed by atoms with van der Waals surface area (Å²) in [6.45, 7) is 0. The molecular weight excluding hydrogens is 263 g/mol. The minimum Gasteiger partial charge on any atom is -0.497 e. The van der Waals surface area contributed by atoms with Crippen LogP contribution in [0.25, 0.3) is 0 Å². The monoisotopic (exact) mass is 274 g/mol. The summed E-state index contributed by atoms with van der Waals surface area (Å²) >= 11 is 0. The van der Waals surface area contributed by atoms with Crippen LogP contribution in [0.4, 0.5) is 4.39 Å². The molecular formula is C15H11FO4. The van der Waals surface area contributed by atoms with Crippen molar-refractivity contribution in [3.05, 3.63) is 65.5 Å². The minimum absolute atomic E-state index is 0.105. The first-order valence-electron chi connectivity index (χ1n) is 5.76. The zero-order valence-corrected chi connectivity index (χ0v) is 10.6. The van der Waals surface area contributed by atoms with Crippen LogP contribution >= 0.6 is 0 Å². The lowest BCUT2D eigenvalue weighted by atomic mass is 10.2. The van der Waals surface area contributed by atoms with E-state index >= 15 is 0 Å². The molecule has 0 saturated heterocycles. The summed E-state index contributed by atoms with van der Waals surface area (Å²) in [5, 5.41) is 0. The van der Waals surface area contributed by atoms with E-state index in [1.807, 2.05) is 0 Å². The fraction of sp³-hybridized carbons (Fsp3) is 0.0667. The molecule has 0 aliphatic heterocycles. The van der Waals surface area contributed by atoms with E-state index in [-0.39, 0.29) is 11.1 Å². The van der Waals surface area contributed by atoms with Crippen molar-refractivity contribution in [2.75, 3.05) is 7.11 Å². The Labute approximate surface area is 114 Å². The molecule has 2 aromatic carbocycles. The standard InChI is InChI=1S/C15H11FO4/c1-19-13-8-4-11(5-9-13)15(18)20-14(17)10-2-6-12(16)7-3-10/h2-9H,1H3. The second-order valence-electron chi connectivity index (χ2n) is 3.91. The number of rotatable bonds is 3. The first kappa shape index (κ1) is 13.7. The Morgan fingerprint density at radius 3 is 1.75 bits per heavy atom. The van der Waals surface area contributed by atoms with E-state index in [1.54, 1.807) is 12.1 Å². The summed E-state index contributed by atoms with van der Waals surface area (Å²) in [6, 6.07) is 10.9. The van der Waals surface area contributed by atoms with E-state index in [2.05, 4.69) is 0 Å². The molecule has 0 radical (unpaired) electrons. The molecule has 0 fully saturated rings. The number of hydrogen-bond donors (Lipinski definition) is 0. The third-order valence-corrected chi connectivity index (χ3v) is 2.59. The minimum atomic E-state index is -0.828. The Bertz CT molecular complexity index is 617. The zero-order chi connectivity index (χ0) is 14.5. The molecule has 4 nitrogen and oxygen atoms in total. The molecule has 0 aromatic heterocycles. The molecule has 0 unspecified atom stereocenters. The number of esters is 2. The predicted molar refractivity (Wildman–Crippen MR) is 69.1 cm³/mol. The molecule has 20 heavy (non-hydrogen) atoms. The lowest BCUT2D eigenvalue weighted by Crippen LogP contribution is -2.12. The van der Waals surface area contributed by atoms with Crippen LogP contribution < -0.4 is 4.74 Å². The molecule has 102 valence electrons. The lowest BCUT2D eigenvalue weighted by molar-refractivity contribution is 0.0398. The number of ether oxygens (including phenoxy) is 2. The first-order valence-corrected chi connectivity index (χ1v) is 5.76. The van der Waals surface area contributed by atoms with E-state index in [9.17, 15) is 14.0 Å². The molecule has 2 rings (SSSR count). The van der Waals surface area contributed by atoms with Gasteiger partial charge in [-0.25, -0.2) is 14.0 Å². The van der Waals surface area contributed by atoms with Crippen LogP contribution in [-0.4, -0.2) is 19.0 Å². The van der Waals surface area contributed by atoms with Gasteiger partial charge in [0.25, 0.3) is 0 Å². The molecule has 0 N–H and O–H groups in total. The van der Waals surface area contributed by atoms with Crippen LogP contribution in [0.5, 0.6) is 5.75 Å². The van der Waals surface area contributed by atoms with Gasteiger partial charge in [0.05, 0.1) is 18.2 Å². The second-order valence-corrected chi connectivity index (χ2v) is 3.91. The van der Waals surface area contributed by atoms with Crippen molar-refractivity contribution in [1.29, 1.82) is 0 Å². The number of carbonyl (C=O) groups excluding carboxylic acids is 2. The van der Waals surface area contributed by atoms with Crippen LogP contribution in [0.15, 0.2) is 48.5 Å². The van der Waals surface area contributed by atoms with Gasteiger partial charge in [-0.3, -0.25) is 0 Å². The van der Waals surface area contributed by atoms with Crippen LogP contribution in [-0.2, 0) is 4.74 Å². The maximum absolute atomic E-state index is 12.7. The van der Waals surface area contributed by atoms with Gasteiger partial charge in [0.2, 0.25) is 0 Å². The lowest BCUT2D eigenvalue weighted by Gasteiger charge is -2.04. The maximum Gasteiger partial charge on any atom is 0.346 e. The zero-order valence-electron chi connectivity index (χ0n) is 10.6. The average molecular weight is 274 g/mol. The fourth-order valence-corrected chi connectivity index (χ4v) is 1.52. The molecule has 0 aliphatic carbocycles. The summed E-state index contributed by atoms with van der Waals surface area (Å²) in [5.74, 6) is -1.48. The van der Waals surface area contributed by atoms with E-state index in [1.165, 1.54) is 31.4 Å². The van der Waals surface area contributed by atoms with Crippen molar-refractivity contribution in [3.63, 3.8) is 0 Å². The summed E-state index contributed by atoms with van der Waals surface area (Å²) in [4.78, 5) is 23.4. The van der Waals surface area contributed by atoms with Crippen molar-refractivity contribution in [2.45, 2.75) is 0 Å². The number of methoxy groups -OCH3 is 1. The number of benzene rings is 2. The second kappa shape index (κ2) is 5.97. The molecule has 5 heteroatoms. The summed E-state index contributed by atoms with van der Waals surface area (Å²) in [5.41, 5.74) is 0.328. The highest BCUT2D eigenvalue weighted by molar-refractivity contribution is 6.02. The number of halogens is 1. The Hall–Kier alpha value is -2.69. The van der Waals surface area contributed by atoms with Crippen molar-refractivity contribution in [1.82, 2.24) is 0 Å². The largest absolute Gasteiger partial charge is 0.497 e. The third kappa shape index (κ3) is 3.20. The quantitative estimate of drug-likeness (QED) is 0.638. The van der Waals surface area contributed by atoms with Crippen molar-refractivity contribution in [3.8, 4) is 5.75 Å². The van der Waals surface area contributed by atoms with Gasteiger partial charge in [-0.05, 0) is 48.5 Å². The summed E-state index contributed by atoms with van der Waals surface area (Å²) in [7, 11) is 1.51. The van der Waals surface area contributed by atoms with Gasteiger partial charge in [0.15, 0.2) is 0 Å². The molecule has 0 bridgehead atoms. The topological polar surface area (TPSA) is 52.6 Å². The SMILES string of the molecule is COc1ccc(C(=O)OC(=O)c2ccc(F)cc2)cc1. The smallest absolute Gasteiger partial charge is 0.346 e. The van der Waals surface area contributed by atoms with Crippen LogP contribution in [0.3, 0.4) is 0 Å². The molecule has 0 saturated carbocycles. The van der Waals surface area contributed by atoms with E-state index in [0.717, 1.165) is 12.1 Å². The Morgan fingerprint density at radius 2 is 1.30 bits per heavy atom. The molecule has 0 amide bonds. The van der Waals surface area contributed by atoms with E-state index < -0.39 is 17.8 Å². The number of hydrogen-bond acceptors (Lipinski definition) is 4. The molecule has 2 aromatic rings. The van der Waals surface area contributed by atoms with Crippen LogP contribution in [0.1, 0.15) is 20.7 Å².